The Labute approximate surface area is 185 Å². The van der Waals surface area contributed by atoms with E-state index in [1.165, 1.54) is 35.1 Å². The first kappa shape index (κ1) is 20.6. The van der Waals surface area contributed by atoms with Crippen molar-refractivity contribution in [3.63, 3.8) is 0 Å². The fourth-order valence-corrected chi connectivity index (χ4v) is 3.81. The fourth-order valence-electron chi connectivity index (χ4n) is 3.81. The molecular formula is C24H15F3N4O2. The predicted molar refractivity (Wildman–Crippen MR) is 118 cm³/mol. The second kappa shape index (κ2) is 7.40. The van der Waals surface area contributed by atoms with Crippen LogP contribution in [0.5, 0.6) is 0 Å². The third-order valence-corrected chi connectivity index (χ3v) is 5.45. The first-order valence-electron chi connectivity index (χ1n) is 9.93. The van der Waals surface area contributed by atoms with Crippen molar-refractivity contribution in [1.82, 2.24) is 14.8 Å². The number of aromatic nitrogens is 3. The highest BCUT2D eigenvalue weighted by Crippen LogP contribution is 2.37. The molecule has 2 heterocycles. The van der Waals surface area contributed by atoms with Gasteiger partial charge in [0.15, 0.2) is 0 Å². The zero-order valence-corrected chi connectivity index (χ0v) is 17.2. The van der Waals surface area contributed by atoms with Crippen molar-refractivity contribution in [2.24, 2.45) is 0 Å². The monoisotopic (exact) mass is 448 g/mol. The second-order valence-corrected chi connectivity index (χ2v) is 7.65. The number of benzene rings is 3. The molecule has 0 unspecified atom stereocenters. The Bertz CT molecular complexity index is 1540. The number of rotatable bonds is 3. The average Bonchev–Trinajstić information content (AvgIpc) is 3.19. The molecule has 0 saturated carbocycles. The van der Waals surface area contributed by atoms with Gasteiger partial charge in [-0.25, -0.2) is 4.68 Å². The van der Waals surface area contributed by atoms with E-state index in [0.29, 0.717) is 27.7 Å². The van der Waals surface area contributed by atoms with Crippen LogP contribution in [0.1, 0.15) is 11.1 Å². The van der Waals surface area contributed by atoms with Crippen LogP contribution >= 0.6 is 0 Å². The first-order chi connectivity index (χ1) is 15.7. The normalized spacial score (nSPS) is 11.9. The van der Waals surface area contributed by atoms with E-state index < -0.39 is 16.7 Å². The van der Waals surface area contributed by atoms with E-state index in [1.54, 1.807) is 6.07 Å². The molecule has 0 saturated heterocycles. The summed E-state index contributed by atoms with van der Waals surface area (Å²) in [6.45, 7) is 1.96. The van der Waals surface area contributed by atoms with Crippen molar-refractivity contribution in [3.8, 4) is 16.9 Å². The van der Waals surface area contributed by atoms with Gasteiger partial charge in [-0.2, -0.15) is 18.3 Å². The van der Waals surface area contributed by atoms with Gasteiger partial charge in [0.25, 0.3) is 5.69 Å². The number of non-ortho nitro benzene ring substituents is 1. The summed E-state index contributed by atoms with van der Waals surface area (Å²) in [7, 11) is 0. The SMILES string of the molecule is Cc1ccc(-c2nn(-c3cccc([N+](=O)[O-])c3)c3c2cnc2cc(C(F)(F)F)ccc23)cc1. The third-order valence-electron chi connectivity index (χ3n) is 5.45. The molecule has 0 N–H and O–H groups in total. The van der Waals surface area contributed by atoms with Crippen molar-refractivity contribution in [3.05, 3.63) is 94.2 Å². The number of pyridine rings is 1. The molecule has 6 nitrogen and oxygen atoms in total. The van der Waals surface area contributed by atoms with Crippen molar-refractivity contribution >= 4 is 27.5 Å². The predicted octanol–water partition coefficient (Wildman–Crippen LogP) is 6.48. The Morgan fingerprint density at radius 1 is 0.970 bits per heavy atom. The number of hydrogen-bond donors (Lipinski definition) is 0. The Morgan fingerprint density at radius 2 is 1.73 bits per heavy atom. The molecule has 0 spiro atoms. The highest BCUT2D eigenvalue weighted by molar-refractivity contribution is 6.08. The zero-order chi connectivity index (χ0) is 23.3. The van der Waals surface area contributed by atoms with Crippen molar-refractivity contribution in [2.45, 2.75) is 13.1 Å². The van der Waals surface area contributed by atoms with Gasteiger partial charge in [0.2, 0.25) is 0 Å². The molecule has 164 valence electrons. The molecule has 0 amide bonds. The van der Waals surface area contributed by atoms with Gasteiger partial charge in [0, 0.05) is 34.7 Å². The van der Waals surface area contributed by atoms with Crippen LogP contribution in [0.3, 0.4) is 0 Å². The van der Waals surface area contributed by atoms with Crippen LogP contribution in [0, 0.1) is 17.0 Å². The number of halogens is 3. The molecule has 0 atom stereocenters. The van der Waals surface area contributed by atoms with Crippen LogP contribution in [0.15, 0.2) is 72.9 Å². The molecule has 33 heavy (non-hydrogen) atoms. The summed E-state index contributed by atoms with van der Waals surface area (Å²) < 4.78 is 41.3. The van der Waals surface area contributed by atoms with Gasteiger partial charge in [-0.3, -0.25) is 15.1 Å². The van der Waals surface area contributed by atoms with Crippen LogP contribution in [0.25, 0.3) is 38.8 Å². The molecule has 3 aromatic carbocycles. The lowest BCUT2D eigenvalue weighted by Gasteiger charge is -2.09. The minimum atomic E-state index is -4.50. The molecule has 0 aliphatic heterocycles. The van der Waals surface area contributed by atoms with Crippen LogP contribution in [-0.4, -0.2) is 19.7 Å². The Morgan fingerprint density at radius 3 is 2.42 bits per heavy atom. The number of hydrogen-bond acceptors (Lipinski definition) is 4. The fraction of sp³-hybridized carbons (Fsp3) is 0.0833. The van der Waals surface area contributed by atoms with Crippen LogP contribution in [0.4, 0.5) is 18.9 Å². The van der Waals surface area contributed by atoms with Gasteiger partial charge in [-0.15, -0.1) is 0 Å². The number of alkyl halides is 3. The molecule has 2 aromatic heterocycles. The molecular weight excluding hydrogens is 433 g/mol. The zero-order valence-electron chi connectivity index (χ0n) is 17.2. The Kier molecular flexibility index (Phi) is 4.63. The molecule has 9 heteroatoms. The van der Waals surface area contributed by atoms with Gasteiger partial charge in [-0.05, 0) is 25.1 Å². The molecule has 0 radical (unpaired) electrons. The van der Waals surface area contributed by atoms with Crippen LogP contribution < -0.4 is 0 Å². The minimum absolute atomic E-state index is 0.120. The number of nitro groups is 1. The molecule has 0 aliphatic rings. The van der Waals surface area contributed by atoms with Crippen molar-refractivity contribution < 1.29 is 18.1 Å². The van der Waals surface area contributed by atoms with E-state index in [-0.39, 0.29) is 11.2 Å². The van der Waals surface area contributed by atoms with Gasteiger partial charge < -0.3 is 0 Å². The summed E-state index contributed by atoms with van der Waals surface area (Å²) in [4.78, 5) is 15.1. The highest BCUT2D eigenvalue weighted by Gasteiger charge is 2.31. The number of nitrogens with zero attached hydrogens (tertiary/aromatic N) is 4. The lowest BCUT2D eigenvalue weighted by Crippen LogP contribution is -2.05. The van der Waals surface area contributed by atoms with Gasteiger partial charge >= 0.3 is 6.18 Å². The van der Waals surface area contributed by atoms with E-state index in [9.17, 15) is 23.3 Å². The maximum atomic E-state index is 13.2. The lowest BCUT2D eigenvalue weighted by molar-refractivity contribution is -0.384. The van der Waals surface area contributed by atoms with Crippen LogP contribution in [0.2, 0.25) is 0 Å². The number of fused-ring (bicyclic) bond motifs is 3. The van der Waals surface area contributed by atoms with E-state index >= 15 is 0 Å². The summed E-state index contributed by atoms with van der Waals surface area (Å²) in [5, 5.41) is 17.1. The van der Waals surface area contributed by atoms with Gasteiger partial charge in [-0.1, -0.05) is 42.0 Å². The molecule has 0 fully saturated rings. The Balaban J connectivity index is 1.85. The van der Waals surface area contributed by atoms with E-state index in [0.717, 1.165) is 23.3 Å². The van der Waals surface area contributed by atoms with Crippen LogP contribution in [-0.2, 0) is 6.18 Å². The topological polar surface area (TPSA) is 73.8 Å². The second-order valence-electron chi connectivity index (χ2n) is 7.65. The average molecular weight is 448 g/mol. The maximum absolute atomic E-state index is 13.2. The van der Waals surface area contributed by atoms with Crippen molar-refractivity contribution in [1.29, 1.82) is 0 Å². The molecule has 0 bridgehead atoms. The minimum Gasteiger partial charge on any atom is -0.258 e. The molecule has 0 aliphatic carbocycles. The summed E-state index contributed by atoms with van der Waals surface area (Å²) in [5.74, 6) is 0. The van der Waals surface area contributed by atoms with E-state index in [2.05, 4.69) is 4.98 Å². The highest BCUT2D eigenvalue weighted by atomic mass is 19.4. The Hall–Kier alpha value is -4.27. The quantitative estimate of drug-likeness (QED) is 0.234. The lowest BCUT2D eigenvalue weighted by atomic mass is 10.0. The third kappa shape index (κ3) is 3.57. The van der Waals surface area contributed by atoms with Gasteiger partial charge in [0.1, 0.15) is 5.69 Å². The van der Waals surface area contributed by atoms with E-state index in [4.69, 9.17) is 5.10 Å². The number of aryl methyl sites for hydroxylation is 1. The van der Waals surface area contributed by atoms with Gasteiger partial charge in [0.05, 0.1) is 27.2 Å². The largest absolute Gasteiger partial charge is 0.416 e. The molecule has 5 aromatic rings. The standard InChI is InChI=1S/C24H15F3N4O2/c1-14-5-7-15(8-6-14)22-20-13-28-21-11-16(24(25,26)27)9-10-19(21)23(20)30(29-22)17-3-2-4-18(12-17)31(32)33/h2-13H,1H3. The van der Waals surface area contributed by atoms with Crippen molar-refractivity contribution in [2.75, 3.05) is 0 Å². The summed E-state index contributed by atoms with van der Waals surface area (Å²) in [5.41, 5.74) is 2.59. The van der Waals surface area contributed by atoms with E-state index in [1.807, 2.05) is 31.2 Å². The number of nitro benzene ring substituents is 1. The first-order valence-corrected chi connectivity index (χ1v) is 9.93. The summed E-state index contributed by atoms with van der Waals surface area (Å²) in [6, 6.07) is 16.9. The summed E-state index contributed by atoms with van der Waals surface area (Å²) in [6.07, 6.45) is -3.01. The maximum Gasteiger partial charge on any atom is 0.416 e. The molecule has 5 rings (SSSR count). The summed E-state index contributed by atoms with van der Waals surface area (Å²) >= 11 is 0. The smallest absolute Gasteiger partial charge is 0.258 e.